The predicted molar refractivity (Wildman–Crippen MR) is 103 cm³/mol. The number of carbonyl (C=O) groups excluding carboxylic acids is 1. The molecule has 0 radical (unpaired) electrons. The Bertz CT molecular complexity index is 894. The number of fused-ring (bicyclic) bond motifs is 1. The van der Waals surface area contributed by atoms with Crippen molar-refractivity contribution in [1.29, 1.82) is 0 Å². The van der Waals surface area contributed by atoms with Crippen molar-refractivity contribution in [2.24, 2.45) is 5.92 Å². The van der Waals surface area contributed by atoms with Gasteiger partial charge in [0.2, 0.25) is 5.76 Å². The maximum Gasteiger partial charge on any atom is 0.287 e. The maximum absolute atomic E-state index is 12.7. The van der Waals surface area contributed by atoms with Gasteiger partial charge in [-0.25, -0.2) is 0 Å². The Hall–Kier alpha value is -2.26. The van der Waals surface area contributed by atoms with E-state index in [2.05, 4.69) is 19.2 Å². The van der Waals surface area contributed by atoms with Crippen molar-refractivity contribution in [2.45, 2.75) is 27.2 Å². The molecule has 0 aliphatic heterocycles. The summed E-state index contributed by atoms with van der Waals surface area (Å²) in [5.41, 5.74) is 3.57. The third-order valence-electron chi connectivity index (χ3n) is 4.19. The van der Waals surface area contributed by atoms with Crippen LogP contribution in [0, 0.1) is 12.8 Å². The number of hydrogen-bond acceptors (Lipinski definition) is 2. The van der Waals surface area contributed by atoms with Crippen LogP contribution in [-0.4, -0.2) is 12.5 Å². The fourth-order valence-electron chi connectivity index (χ4n) is 2.83. The van der Waals surface area contributed by atoms with E-state index in [1.165, 1.54) is 0 Å². The number of amides is 1. The van der Waals surface area contributed by atoms with Crippen molar-refractivity contribution in [3.8, 4) is 11.1 Å². The minimum Gasteiger partial charge on any atom is -0.450 e. The molecule has 1 N–H and O–H groups in total. The number of benzene rings is 2. The molecule has 0 bridgehead atoms. The smallest absolute Gasteiger partial charge is 0.287 e. The summed E-state index contributed by atoms with van der Waals surface area (Å²) < 4.78 is 5.91. The van der Waals surface area contributed by atoms with Crippen LogP contribution in [0.1, 0.15) is 36.4 Å². The Kier molecular flexibility index (Phi) is 5.14. The van der Waals surface area contributed by atoms with Gasteiger partial charge in [0.15, 0.2) is 0 Å². The van der Waals surface area contributed by atoms with Gasteiger partial charge in [-0.1, -0.05) is 49.2 Å². The fourth-order valence-corrected chi connectivity index (χ4v) is 2.96. The molecule has 3 rings (SSSR count). The molecular weight excluding hydrogens is 334 g/mol. The highest BCUT2D eigenvalue weighted by molar-refractivity contribution is 6.30. The number of nitrogens with one attached hydrogen (secondary N) is 1. The first-order valence-electron chi connectivity index (χ1n) is 8.53. The van der Waals surface area contributed by atoms with Gasteiger partial charge in [0.1, 0.15) is 5.58 Å². The van der Waals surface area contributed by atoms with Crippen LogP contribution in [0.4, 0.5) is 0 Å². The summed E-state index contributed by atoms with van der Waals surface area (Å²) >= 11 is 6.01. The Morgan fingerprint density at radius 2 is 1.88 bits per heavy atom. The number of hydrogen-bond donors (Lipinski definition) is 1. The molecule has 0 fully saturated rings. The second-order valence-corrected chi connectivity index (χ2v) is 7.19. The maximum atomic E-state index is 12.7. The van der Waals surface area contributed by atoms with E-state index in [9.17, 15) is 4.79 Å². The van der Waals surface area contributed by atoms with E-state index in [4.69, 9.17) is 16.0 Å². The normalized spacial score (nSPS) is 11.2. The van der Waals surface area contributed by atoms with E-state index >= 15 is 0 Å². The molecule has 1 heterocycles. The lowest BCUT2D eigenvalue weighted by atomic mass is 10.0. The van der Waals surface area contributed by atoms with Crippen LogP contribution in [0.25, 0.3) is 22.1 Å². The SMILES string of the molecule is Cc1ccc2oc(C(=O)NCCC(C)C)c(-c3ccc(Cl)cc3)c2c1. The van der Waals surface area contributed by atoms with Gasteiger partial charge in [-0.2, -0.15) is 0 Å². The molecule has 0 aliphatic rings. The molecule has 0 aliphatic carbocycles. The van der Waals surface area contributed by atoms with E-state index < -0.39 is 0 Å². The Labute approximate surface area is 153 Å². The fraction of sp³-hybridized carbons (Fsp3) is 0.286. The molecular formula is C21H22ClNO2. The molecule has 3 aromatic rings. The lowest BCUT2D eigenvalue weighted by molar-refractivity contribution is 0.0927. The van der Waals surface area contributed by atoms with Crippen LogP contribution in [0.15, 0.2) is 46.9 Å². The number of carbonyl (C=O) groups is 1. The third-order valence-corrected chi connectivity index (χ3v) is 4.44. The Balaban J connectivity index is 2.06. The van der Waals surface area contributed by atoms with Crippen molar-refractivity contribution < 1.29 is 9.21 Å². The Morgan fingerprint density at radius 1 is 1.16 bits per heavy atom. The summed E-state index contributed by atoms with van der Waals surface area (Å²) in [6, 6.07) is 13.4. The molecule has 1 aromatic heterocycles. The molecule has 1 amide bonds. The zero-order chi connectivity index (χ0) is 18.0. The van der Waals surface area contributed by atoms with Gasteiger partial charge in [-0.3, -0.25) is 4.79 Å². The van der Waals surface area contributed by atoms with Gasteiger partial charge in [-0.05, 0) is 49.1 Å². The first kappa shape index (κ1) is 17.6. The van der Waals surface area contributed by atoms with Gasteiger partial charge < -0.3 is 9.73 Å². The molecule has 25 heavy (non-hydrogen) atoms. The predicted octanol–water partition coefficient (Wildman–Crippen LogP) is 5.84. The third kappa shape index (κ3) is 3.88. The highest BCUT2D eigenvalue weighted by Crippen LogP contribution is 2.36. The van der Waals surface area contributed by atoms with Crippen LogP contribution in [0.5, 0.6) is 0 Å². The van der Waals surface area contributed by atoms with Crippen molar-refractivity contribution >= 4 is 28.5 Å². The average molecular weight is 356 g/mol. The minimum atomic E-state index is -0.181. The second kappa shape index (κ2) is 7.32. The van der Waals surface area contributed by atoms with Crippen LogP contribution in [-0.2, 0) is 0 Å². The lowest BCUT2D eigenvalue weighted by Gasteiger charge is -2.07. The van der Waals surface area contributed by atoms with E-state index in [1.807, 2.05) is 49.4 Å². The topological polar surface area (TPSA) is 42.2 Å². The summed E-state index contributed by atoms with van der Waals surface area (Å²) in [5.74, 6) is 0.709. The molecule has 0 saturated heterocycles. The van der Waals surface area contributed by atoms with E-state index in [-0.39, 0.29) is 5.91 Å². The lowest BCUT2D eigenvalue weighted by Crippen LogP contribution is -2.25. The molecule has 2 aromatic carbocycles. The van der Waals surface area contributed by atoms with Gasteiger partial charge in [0.25, 0.3) is 5.91 Å². The second-order valence-electron chi connectivity index (χ2n) is 6.75. The summed E-state index contributed by atoms with van der Waals surface area (Å²) in [6.45, 7) is 6.93. The zero-order valence-corrected chi connectivity index (χ0v) is 15.5. The van der Waals surface area contributed by atoms with Crippen LogP contribution in [0.2, 0.25) is 5.02 Å². The molecule has 0 spiro atoms. The number of halogens is 1. The largest absolute Gasteiger partial charge is 0.450 e. The van der Waals surface area contributed by atoms with E-state index in [0.29, 0.717) is 28.8 Å². The van der Waals surface area contributed by atoms with Gasteiger partial charge in [0, 0.05) is 22.5 Å². The van der Waals surface area contributed by atoms with Crippen LogP contribution >= 0.6 is 11.6 Å². The highest BCUT2D eigenvalue weighted by atomic mass is 35.5. The van der Waals surface area contributed by atoms with Crippen molar-refractivity contribution in [3.05, 3.63) is 58.8 Å². The number of rotatable bonds is 5. The van der Waals surface area contributed by atoms with Crippen LogP contribution in [0.3, 0.4) is 0 Å². The summed E-state index contributed by atoms with van der Waals surface area (Å²) in [4.78, 5) is 12.7. The molecule has 3 nitrogen and oxygen atoms in total. The summed E-state index contributed by atoms with van der Waals surface area (Å²) in [6.07, 6.45) is 0.932. The molecule has 4 heteroatoms. The number of furan rings is 1. The van der Waals surface area contributed by atoms with Gasteiger partial charge in [0.05, 0.1) is 0 Å². The van der Waals surface area contributed by atoms with Gasteiger partial charge >= 0.3 is 0 Å². The van der Waals surface area contributed by atoms with Crippen molar-refractivity contribution in [3.63, 3.8) is 0 Å². The highest BCUT2D eigenvalue weighted by Gasteiger charge is 2.21. The monoisotopic (exact) mass is 355 g/mol. The summed E-state index contributed by atoms with van der Waals surface area (Å²) in [5, 5.41) is 4.57. The molecule has 0 atom stereocenters. The first-order valence-corrected chi connectivity index (χ1v) is 8.91. The first-order chi connectivity index (χ1) is 12.0. The van der Waals surface area contributed by atoms with Crippen molar-refractivity contribution in [1.82, 2.24) is 5.32 Å². The van der Waals surface area contributed by atoms with Crippen molar-refractivity contribution in [2.75, 3.05) is 6.54 Å². The molecule has 0 unspecified atom stereocenters. The van der Waals surface area contributed by atoms with E-state index in [1.54, 1.807) is 0 Å². The minimum absolute atomic E-state index is 0.181. The molecule has 0 saturated carbocycles. The quantitative estimate of drug-likeness (QED) is 0.624. The van der Waals surface area contributed by atoms with E-state index in [0.717, 1.165) is 28.5 Å². The molecule has 130 valence electrons. The number of aryl methyl sites for hydroxylation is 1. The van der Waals surface area contributed by atoms with Gasteiger partial charge in [-0.15, -0.1) is 0 Å². The zero-order valence-electron chi connectivity index (χ0n) is 14.7. The van der Waals surface area contributed by atoms with Crippen LogP contribution < -0.4 is 5.32 Å². The Morgan fingerprint density at radius 3 is 2.56 bits per heavy atom. The standard InChI is InChI=1S/C21H22ClNO2/c1-13(2)10-11-23-21(24)20-19(15-5-7-16(22)8-6-15)17-12-14(3)4-9-18(17)25-20/h4-9,12-13H,10-11H2,1-3H3,(H,23,24). The average Bonchev–Trinajstić information content (AvgIpc) is 2.94. The summed E-state index contributed by atoms with van der Waals surface area (Å²) in [7, 11) is 0.